The van der Waals surface area contributed by atoms with Crippen molar-refractivity contribution in [1.82, 2.24) is 19.6 Å². The lowest BCUT2D eigenvalue weighted by Crippen LogP contribution is -2.44. The molecular weight excluding hydrogens is 375 g/mol. The van der Waals surface area contributed by atoms with E-state index in [0.717, 1.165) is 5.56 Å². The zero-order valence-electron chi connectivity index (χ0n) is 15.8. The van der Waals surface area contributed by atoms with Crippen molar-refractivity contribution in [2.24, 2.45) is 0 Å². The van der Waals surface area contributed by atoms with E-state index in [9.17, 15) is 14.0 Å². The first kappa shape index (κ1) is 19.2. The standard InChI is InChI=1S/C21H21FN4O3/c22-16-6-4-15(5-7-16)18(25-9-11-29-12-10-25)14-24-20(27)17-13-23-19-3-1-2-8-26(19)21(17)28/h1-8,13,18H,9-12,14H2,(H,24,27)/t18-/m1/s1. The van der Waals surface area contributed by atoms with Crippen LogP contribution in [0.25, 0.3) is 5.65 Å². The maximum Gasteiger partial charge on any atom is 0.270 e. The number of amides is 1. The van der Waals surface area contributed by atoms with E-state index in [1.54, 1.807) is 36.5 Å². The minimum absolute atomic E-state index is 0.0199. The summed E-state index contributed by atoms with van der Waals surface area (Å²) in [4.78, 5) is 31.7. The maximum atomic E-state index is 13.4. The number of benzene rings is 1. The van der Waals surface area contributed by atoms with Gasteiger partial charge < -0.3 is 10.1 Å². The van der Waals surface area contributed by atoms with Crippen molar-refractivity contribution < 1.29 is 13.9 Å². The van der Waals surface area contributed by atoms with Crippen LogP contribution in [-0.2, 0) is 4.74 Å². The number of halogens is 1. The van der Waals surface area contributed by atoms with Crippen LogP contribution in [0.3, 0.4) is 0 Å². The molecular formula is C21H21FN4O3. The average Bonchev–Trinajstić information content (AvgIpc) is 2.76. The summed E-state index contributed by atoms with van der Waals surface area (Å²) < 4.78 is 20.1. The Hall–Kier alpha value is -3.10. The largest absolute Gasteiger partial charge is 0.379 e. The fourth-order valence-electron chi connectivity index (χ4n) is 3.50. The molecule has 1 atom stereocenters. The van der Waals surface area contributed by atoms with Crippen LogP contribution in [-0.4, -0.2) is 53.0 Å². The highest BCUT2D eigenvalue weighted by Gasteiger charge is 2.24. The van der Waals surface area contributed by atoms with Crippen LogP contribution >= 0.6 is 0 Å². The lowest BCUT2D eigenvalue weighted by atomic mass is 10.0. The Morgan fingerprint density at radius 3 is 2.69 bits per heavy atom. The Balaban J connectivity index is 1.55. The second-order valence-electron chi connectivity index (χ2n) is 6.83. The SMILES string of the molecule is O=C(NC[C@H](c1ccc(F)cc1)N1CCOCC1)c1cnc2ccccn2c1=O. The molecule has 1 fully saturated rings. The predicted molar refractivity (Wildman–Crippen MR) is 105 cm³/mol. The maximum absolute atomic E-state index is 13.4. The van der Waals surface area contributed by atoms with Crippen molar-refractivity contribution >= 4 is 11.6 Å². The number of carbonyl (C=O) groups is 1. The third-order valence-corrected chi connectivity index (χ3v) is 5.06. The fourth-order valence-corrected chi connectivity index (χ4v) is 3.50. The molecule has 0 radical (unpaired) electrons. The Kier molecular flexibility index (Phi) is 5.64. The van der Waals surface area contributed by atoms with Gasteiger partial charge in [-0.1, -0.05) is 18.2 Å². The third kappa shape index (κ3) is 4.18. The van der Waals surface area contributed by atoms with Crippen LogP contribution in [0.2, 0.25) is 0 Å². The van der Waals surface area contributed by atoms with E-state index >= 15 is 0 Å². The summed E-state index contributed by atoms with van der Waals surface area (Å²) >= 11 is 0. The second kappa shape index (κ2) is 8.50. The first-order valence-corrected chi connectivity index (χ1v) is 9.45. The molecule has 1 amide bonds. The van der Waals surface area contributed by atoms with E-state index in [1.165, 1.54) is 22.7 Å². The van der Waals surface area contributed by atoms with Gasteiger partial charge in [-0.05, 0) is 29.8 Å². The Bertz CT molecular complexity index is 1060. The molecule has 8 heteroatoms. The molecule has 3 heterocycles. The topological polar surface area (TPSA) is 75.9 Å². The zero-order valence-corrected chi connectivity index (χ0v) is 15.8. The molecule has 0 aliphatic carbocycles. The zero-order chi connectivity index (χ0) is 20.2. The number of nitrogens with zero attached hydrogens (tertiary/aromatic N) is 3. The van der Waals surface area contributed by atoms with E-state index in [-0.39, 0.29) is 24.0 Å². The van der Waals surface area contributed by atoms with Gasteiger partial charge in [0.15, 0.2) is 0 Å². The molecule has 2 aromatic heterocycles. The second-order valence-corrected chi connectivity index (χ2v) is 6.83. The summed E-state index contributed by atoms with van der Waals surface area (Å²) in [5.74, 6) is -0.796. The molecule has 150 valence electrons. The first-order valence-electron chi connectivity index (χ1n) is 9.45. The number of aromatic nitrogens is 2. The minimum Gasteiger partial charge on any atom is -0.379 e. The van der Waals surface area contributed by atoms with E-state index in [0.29, 0.717) is 32.0 Å². The number of morpholine rings is 1. The van der Waals surface area contributed by atoms with Gasteiger partial charge in [-0.25, -0.2) is 9.37 Å². The van der Waals surface area contributed by atoms with Gasteiger partial charge in [0.2, 0.25) is 0 Å². The van der Waals surface area contributed by atoms with E-state index in [2.05, 4.69) is 15.2 Å². The molecule has 1 aromatic carbocycles. The van der Waals surface area contributed by atoms with Gasteiger partial charge in [0.05, 0.1) is 19.3 Å². The minimum atomic E-state index is -0.485. The Morgan fingerprint density at radius 1 is 1.17 bits per heavy atom. The third-order valence-electron chi connectivity index (χ3n) is 5.06. The Labute approximate surface area is 166 Å². The molecule has 3 aromatic rings. The van der Waals surface area contributed by atoms with Gasteiger partial charge in [0.25, 0.3) is 11.5 Å². The number of ether oxygens (including phenoxy) is 1. The van der Waals surface area contributed by atoms with Crippen molar-refractivity contribution in [2.45, 2.75) is 6.04 Å². The normalized spacial score (nSPS) is 15.9. The highest BCUT2D eigenvalue weighted by molar-refractivity contribution is 5.93. The highest BCUT2D eigenvalue weighted by Crippen LogP contribution is 2.21. The van der Waals surface area contributed by atoms with Crippen molar-refractivity contribution in [3.05, 3.63) is 82.2 Å². The highest BCUT2D eigenvalue weighted by atomic mass is 19.1. The number of carbonyl (C=O) groups excluding carboxylic acids is 1. The number of pyridine rings is 1. The summed E-state index contributed by atoms with van der Waals surface area (Å²) in [7, 11) is 0. The van der Waals surface area contributed by atoms with Gasteiger partial charge in [0.1, 0.15) is 17.0 Å². The lowest BCUT2D eigenvalue weighted by molar-refractivity contribution is 0.0162. The molecule has 7 nitrogen and oxygen atoms in total. The van der Waals surface area contributed by atoms with Crippen LogP contribution in [0.5, 0.6) is 0 Å². The van der Waals surface area contributed by atoms with Crippen LogP contribution in [0, 0.1) is 5.82 Å². The first-order chi connectivity index (χ1) is 14.1. The van der Waals surface area contributed by atoms with Gasteiger partial charge in [-0.3, -0.25) is 18.9 Å². The number of hydrogen-bond donors (Lipinski definition) is 1. The molecule has 1 aliphatic heterocycles. The molecule has 1 aliphatic rings. The number of nitrogens with one attached hydrogen (secondary N) is 1. The summed E-state index contributed by atoms with van der Waals surface area (Å²) in [6.07, 6.45) is 2.88. The van der Waals surface area contributed by atoms with E-state index in [1.807, 2.05) is 0 Å². The van der Waals surface area contributed by atoms with Gasteiger partial charge in [-0.15, -0.1) is 0 Å². The molecule has 4 rings (SSSR count). The summed E-state index contributed by atoms with van der Waals surface area (Å²) in [6.45, 7) is 2.89. The molecule has 1 saturated heterocycles. The van der Waals surface area contributed by atoms with Crippen LogP contribution in [0.4, 0.5) is 4.39 Å². The van der Waals surface area contributed by atoms with Crippen molar-refractivity contribution in [3.8, 4) is 0 Å². The van der Waals surface area contributed by atoms with E-state index < -0.39 is 11.5 Å². The summed E-state index contributed by atoms with van der Waals surface area (Å²) in [6, 6.07) is 11.3. The number of rotatable bonds is 5. The van der Waals surface area contributed by atoms with Crippen molar-refractivity contribution in [2.75, 3.05) is 32.8 Å². The molecule has 0 bridgehead atoms. The van der Waals surface area contributed by atoms with Crippen LogP contribution in [0.15, 0.2) is 59.7 Å². The monoisotopic (exact) mass is 396 g/mol. The lowest BCUT2D eigenvalue weighted by Gasteiger charge is -2.34. The molecule has 29 heavy (non-hydrogen) atoms. The summed E-state index contributed by atoms with van der Waals surface area (Å²) in [5.41, 5.74) is 0.930. The Morgan fingerprint density at radius 2 is 1.93 bits per heavy atom. The smallest absolute Gasteiger partial charge is 0.270 e. The molecule has 0 spiro atoms. The van der Waals surface area contributed by atoms with Gasteiger partial charge in [-0.2, -0.15) is 0 Å². The van der Waals surface area contributed by atoms with E-state index in [4.69, 9.17) is 4.74 Å². The molecule has 0 saturated carbocycles. The quantitative estimate of drug-likeness (QED) is 0.710. The van der Waals surface area contributed by atoms with Crippen LogP contribution in [0.1, 0.15) is 22.0 Å². The molecule has 1 N–H and O–H groups in total. The number of fused-ring (bicyclic) bond motifs is 1. The predicted octanol–water partition coefficient (Wildman–Crippen LogP) is 1.64. The van der Waals surface area contributed by atoms with Crippen LogP contribution < -0.4 is 10.9 Å². The van der Waals surface area contributed by atoms with Crippen molar-refractivity contribution in [3.63, 3.8) is 0 Å². The number of hydrogen-bond acceptors (Lipinski definition) is 5. The molecule has 0 unspecified atom stereocenters. The van der Waals surface area contributed by atoms with Crippen molar-refractivity contribution in [1.29, 1.82) is 0 Å². The van der Waals surface area contributed by atoms with Gasteiger partial charge in [0, 0.05) is 32.0 Å². The summed E-state index contributed by atoms with van der Waals surface area (Å²) in [5, 5.41) is 2.85. The average molecular weight is 396 g/mol. The fraction of sp³-hybridized carbons (Fsp3) is 0.286. The van der Waals surface area contributed by atoms with Gasteiger partial charge >= 0.3 is 0 Å².